The summed E-state index contributed by atoms with van der Waals surface area (Å²) in [6.07, 6.45) is 3.19. The van der Waals surface area contributed by atoms with Gasteiger partial charge in [0.05, 0.1) is 12.2 Å². The molecule has 3 rings (SSSR count). The van der Waals surface area contributed by atoms with Crippen LogP contribution >= 0.6 is 0 Å². The monoisotopic (exact) mass is 368 g/mol. The number of aromatic nitrogens is 1. The number of carbonyl (C=O) groups excluding carboxylic acids is 1. The molecule has 1 amide bonds. The number of ether oxygens (including phenoxy) is 2. The number of nitrogens with zero attached hydrogens (tertiary/aromatic N) is 2. The predicted octanol–water partition coefficient (Wildman–Crippen LogP) is 4.62. The molecule has 0 saturated heterocycles. The molecule has 5 heteroatoms. The molecule has 144 valence electrons. The number of rotatable bonds is 3. The zero-order valence-electron chi connectivity index (χ0n) is 16.6. The first-order valence-electron chi connectivity index (χ1n) is 9.44. The average Bonchev–Trinajstić information content (AvgIpc) is 2.83. The lowest BCUT2D eigenvalue weighted by molar-refractivity contribution is 0.00410. The number of fused-ring (bicyclic) bond motifs is 1. The van der Waals surface area contributed by atoms with E-state index in [0.717, 1.165) is 29.7 Å². The van der Waals surface area contributed by atoms with Gasteiger partial charge in [-0.2, -0.15) is 0 Å². The van der Waals surface area contributed by atoms with Gasteiger partial charge in [-0.3, -0.25) is 4.98 Å². The summed E-state index contributed by atoms with van der Waals surface area (Å²) in [5.74, 6) is 0. The number of benzene rings is 1. The number of hydrogen-bond acceptors (Lipinski definition) is 4. The molecule has 2 heterocycles. The topological polar surface area (TPSA) is 51.7 Å². The molecule has 0 saturated carbocycles. The minimum atomic E-state index is -0.514. The van der Waals surface area contributed by atoms with Gasteiger partial charge in [-0.05, 0) is 56.9 Å². The fourth-order valence-corrected chi connectivity index (χ4v) is 3.33. The Morgan fingerprint density at radius 2 is 2.07 bits per heavy atom. The van der Waals surface area contributed by atoms with Gasteiger partial charge in [0.25, 0.3) is 0 Å². The summed E-state index contributed by atoms with van der Waals surface area (Å²) < 4.78 is 11.6. The molecule has 1 aliphatic rings. The molecule has 1 aliphatic heterocycles. The van der Waals surface area contributed by atoms with Gasteiger partial charge < -0.3 is 14.4 Å². The van der Waals surface area contributed by atoms with E-state index >= 15 is 0 Å². The zero-order chi connectivity index (χ0) is 19.4. The summed E-state index contributed by atoms with van der Waals surface area (Å²) in [6.45, 7) is 6.73. The average molecular weight is 368 g/mol. The Morgan fingerprint density at radius 3 is 2.78 bits per heavy atom. The number of amides is 1. The Hall–Kier alpha value is -2.40. The van der Waals surface area contributed by atoms with Crippen LogP contribution in [0.15, 0.2) is 42.6 Å². The van der Waals surface area contributed by atoms with Crippen LogP contribution in [0.5, 0.6) is 0 Å². The van der Waals surface area contributed by atoms with E-state index in [0.29, 0.717) is 13.2 Å². The third-order valence-corrected chi connectivity index (χ3v) is 4.53. The van der Waals surface area contributed by atoms with E-state index < -0.39 is 5.60 Å². The highest BCUT2D eigenvalue weighted by Crippen LogP contribution is 2.33. The van der Waals surface area contributed by atoms with Gasteiger partial charge in [0.1, 0.15) is 11.7 Å². The minimum absolute atomic E-state index is 0.177. The molecule has 1 aromatic heterocycles. The van der Waals surface area contributed by atoms with Crippen LogP contribution in [0.3, 0.4) is 0 Å². The van der Waals surface area contributed by atoms with Crippen molar-refractivity contribution in [2.45, 2.75) is 45.3 Å². The maximum atomic E-state index is 12.4. The Balaban J connectivity index is 1.87. The quantitative estimate of drug-likeness (QED) is 0.793. The van der Waals surface area contributed by atoms with E-state index in [1.807, 2.05) is 51.2 Å². The molecule has 1 atom stereocenters. The van der Waals surface area contributed by atoms with Crippen LogP contribution in [0.2, 0.25) is 0 Å². The summed E-state index contributed by atoms with van der Waals surface area (Å²) in [5.41, 5.74) is 3.99. The molecule has 0 radical (unpaired) electrons. The van der Waals surface area contributed by atoms with Crippen molar-refractivity contribution >= 4 is 6.09 Å². The van der Waals surface area contributed by atoms with Crippen LogP contribution in [-0.2, 0) is 15.9 Å². The van der Waals surface area contributed by atoms with Crippen molar-refractivity contribution in [1.82, 2.24) is 9.88 Å². The number of carbonyl (C=O) groups is 1. The molecule has 0 spiro atoms. The second-order valence-electron chi connectivity index (χ2n) is 7.91. The summed E-state index contributed by atoms with van der Waals surface area (Å²) in [6, 6.07) is 12.2. The molecule has 0 bridgehead atoms. The van der Waals surface area contributed by atoms with Crippen molar-refractivity contribution < 1.29 is 14.3 Å². The standard InChI is InChI=1S/C22H28N2O3/c1-22(2,3)27-21(25)24(4)15-20-18-10-7-9-17(16(18)11-8-14-26-20)19-12-5-6-13-23-19/h5-7,9-10,12-13,20H,8,11,14-15H2,1-4H3/t20-/m1/s1. The lowest BCUT2D eigenvalue weighted by Gasteiger charge is -2.28. The van der Waals surface area contributed by atoms with E-state index in [9.17, 15) is 4.79 Å². The summed E-state index contributed by atoms with van der Waals surface area (Å²) in [4.78, 5) is 18.5. The Morgan fingerprint density at radius 1 is 1.26 bits per heavy atom. The largest absolute Gasteiger partial charge is 0.444 e. The highest BCUT2D eigenvalue weighted by Gasteiger charge is 2.26. The molecule has 0 aliphatic carbocycles. The summed E-state index contributed by atoms with van der Waals surface area (Å²) >= 11 is 0. The van der Waals surface area contributed by atoms with Crippen LogP contribution < -0.4 is 0 Å². The van der Waals surface area contributed by atoms with Crippen molar-refractivity contribution in [3.05, 3.63) is 53.7 Å². The predicted molar refractivity (Wildman–Crippen MR) is 106 cm³/mol. The van der Waals surface area contributed by atoms with Gasteiger partial charge in [0.15, 0.2) is 0 Å². The van der Waals surface area contributed by atoms with Gasteiger partial charge in [-0.25, -0.2) is 4.79 Å². The second kappa shape index (κ2) is 8.09. The maximum absolute atomic E-state index is 12.4. The van der Waals surface area contributed by atoms with Gasteiger partial charge >= 0.3 is 6.09 Å². The Bertz CT molecular complexity index is 784. The van der Waals surface area contributed by atoms with E-state index in [-0.39, 0.29) is 12.2 Å². The number of pyridine rings is 1. The fraction of sp³-hybridized carbons (Fsp3) is 0.455. The molecular formula is C22H28N2O3. The minimum Gasteiger partial charge on any atom is -0.444 e. The molecule has 0 unspecified atom stereocenters. The Labute approximate surface area is 161 Å². The highest BCUT2D eigenvalue weighted by atomic mass is 16.6. The first-order chi connectivity index (χ1) is 12.8. The van der Waals surface area contributed by atoms with E-state index in [1.165, 1.54) is 5.56 Å². The van der Waals surface area contributed by atoms with E-state index in [2.05, 4.69) is 17.1 Å². The van der Waals surface area contributed by atoms with Crippen molar-refractivity contribution in [1.29, 1.82) is 0 Å². The normalized spacial score (nSPS) is 17.0. The summed E-state index contributed by atoms with van der Waals surface area (Å²) in [7, 11) is 1.75. The summed E-state index contributed by atoms with van der Waals surface area (Å²) in [5, 5.41) is 0. The molecule has 0 fully saturated rings. The van der Waals surface area contributed by atoms with Crippen LogP contribution in [0.1, 0.15) is 44.4 Å². The van der Waals surface area contributed by atoms with Crippen LogP contribution in [0.4, 0.5) is 4.79 Å². The van der Waals surface area contributed by atoms with E-state index in [1.54, 1.807) is 11.9 Å². The van der Waals surface area contributed by atoms with Crippen molar-refractivity contribution in [2.24, 2.45) is 0 Å². The first kappa shape index (κ1) is 19.4. The third-order valence-electron chi connectivity index (χ3n) is 4.53. The van der Waals surface area contributed by atoms with E-state index in [4.69, 9.17) is 9.47 Å². The van der Waals surface area contributed by atoms with Crippen molar-refractivity contribution in [3.63, 3.8) is 0 Å². The van der Waals surface area contributed by atoms with Gasteiger partial charge in [-0.15, -0.1) is 0 Å². The van der Waals surface area contributed by atoms with Gasteiger partial charge in [0.2, 0.25) is 0 Å². The lowest BCUT2D eigenvalue weighted by Crippen LogP contribution is -2.37. The molecule has 2 aromatic rings. The molecule has 0 N–H and O–H groups in total. The number of hydrogen-bond donors (Lipinski definition) is 0. The van der Waals surface area contributed by atoms with Gasteiger partial charge in [-0.1, -0.05) is 24.3 Å². The fourth-order valence-electron chi connectivity index (χ4n) is 3.33. The zero-order valence-corrected chi connectivity index (χ0v) is 16.6. The smallest absolute Gasteiger partial charge is 0.410 e. The van der Waals surface area contributed by atoms with Crippen LogP contribution in [-0.4, -0.2) is 41.8 Å². The van der Waals surface area contributed by atoms with Gasteiger partial charge in [0, 0.05) is 25.4 Å². The number of likely N-dealkylation sites (N-methyl/N-ethyl adjacent to an activating group) is 1. The highest BCUT2D eigenvalue weighted by molar-refractivity contribution is 5.68. The molecule has 1 aromatic carbocycles. The van der Waals surface area contributed by atoms with Crippen LogP contribution in [0, 0.1) is 0 Å². The molecule has 27 heavy (non-hydrogen) atoms. The maximum Gasteiger partial charge on any atom is 0.410 e. The Kier molecular flexibility index (Phi) is 5.80. The van der Waals surface area contributed by atoms with Crippen molar-refractivity contribution in [2.75, 3.05) is 20.2 Å². The third kappa shape index (κ3) is 4.86. The molecular weight excluding hydrogens is 340 g/mol. The lowest BCUT2D eigenvalue weighted by atomic mass is 9.92. The van der Waals surface area contributed by atoms with Crippen LogP contribution in [0.25, 0.3) is 11.3 Å². The van der Waals surface area contributed by atoms with Crippen molar-refractivity contribution in [3.8, 4) is 11.3 Å². The first-order valence-corrected chi connectivity index (χ1v) is 9.44. The molecule has 5 nitrogen and oxygen atoms in total. The SMILES string of the molecule is CN(C[C@H]1OCCCc2c(-c3ccccn3)cccc21)C(=O)OC(C)(C)C. The second-order valence-corrected chi connectivity index (χ2v) is 7.91.